The molecule has 0 bridgehead atoms. The molecule has 0 atom stereocenters. The van der Waals surface area contributed by atoms with Crippen molar-refractivity contribution in [1.29, 1.82) is 0 Å². The van der Waals surface area contributed by atoms with Gasteiger partial charge in [-0.15, -0.1) is 0 Å². The van der Waals surface area contributed by atoms with Crippen LogP contribution in [0.2, 0.25) is 0 Å². The van der Waals surface area contributed by atoms with Gasteiger partial charge in [0.15, 0.2) is 5.82 Å². The highest BCUT2D eigenvalue weighted by atomic mass is 32.2. The standard InChI is InChI=1S/C10H12N6O2S/c1-2-12-10-14-5-8(6-15-10)19(17,18)16-9-7-11-3-4-13-9/h3-7H,2H2,1H3,(H,13,16)(H,12,14,15). The second-order valence-electron chi connectivity index (χ2n) is 3.47. The molecule has 0 aliphatic carbocycles. The number of hydrogen-bond acceptors (Lipinski definition) is 7. The van der Waals surface area contributed by atoms with E-state index in [1.807, 2.05) is 6.92 Å². The minimum Gasteiger partial charge on any atom is -0.355 e. The van der Waals surface area contributed by atoms with E-state index in [4.69, 9.17) is 0 Å². The third-order valence-corrected chi connectivity index (χ3v) is 3.38. The predicted molar refractivity (Wildman–Crippen MR) is 69.0 cm³/mol. The van der Waals surface area contributed by atoms with Crippen molar-refractivity contribution in [3.05, 3.63) is 31.0 Å². The van der Waals surface area contributed by atoms with E-state index >= 15 is 0 Å². The summed E-state index contributed by atoms with van der Waals surface area (Å²) in [5.74, 6) is 0.513. The Labute approximate surface area is 110 Å². The summed E-state index contributed by atoms with van der Waals surface area (Å²) in [6.45, 7) is 2.55. The molecule has 0 saturated heterocycles. The molecule has 0 aliphatic heterocycles. The first-order chi connectivity index (χ1) is 9.12. The molecule has 2 rings (SSSR count). The fraction of sp³-hybridized carbons (Fsp3) is 0.200. The number of anilines is 2. The highest BCUT2D eigenvalue weighted by Gasteiger charge is 2.16. The number of aromatic nitrogens is 4. The lowest BCUT2D eigenvalue weighted by atomic mass is 10.6. The summed E-state index contributed by atoms with van der Waals surface area (Å²) < 4.78 is 26.3. The van der Waals surface area contributed by atoms with Crippen LogP contribution in [0.4, 0.5) is 11.8 Å². The smallest absolute Gasteiger partial charge is 0.266 e. The number of hydrogen-bond donors (Lipinski definition) is 2. The van der Waals surface area contributed by atoms with E-state index in [9.17, 15) is 8.42 Å². The van der Waals surface area contributed by atoms with E-state index < -0.39 is 10.0 Å². The summed E-state index contributed by atoms with van der Waals surface area (Å²) in [6.07, 6.45) is 6.60. The lowest BCUT2D eigenvalue weighted by Gasteiger charge is -2.06. The van der Waals surface area contributed by atoms with Gasteiger partial charge in [0.25, 0.3) is 10.0 Å². The Morgan fingerprint density at radius 3 is 2.42 bits per heavy atom. The van der Waals surface area contributed by atoms with Gasteiger partial charge in [-0.05, 0) is 6.92 Å². The highest BCUT2D eigenvalue weighted by molar-refractivity contribution is 7.92. The maximum Gasteiger partial charge on any atom is 0.266 e. The fourth-order valence-corrected chi connectivity index (χ4v) is 2.13. The molecule has 2 aromatic rings. The van der Waals surface area contributed by atoms with Gasteiger partial charge in [-0.3, -0.25) is 9.71 Å². The molecule has 8 nitrogen and oxygen atoms in total. The predicted octanol–water partition coefficient (Wildman–Crippen LogP) is 0.499. The van der Waals surface area contributed by atoms with Crippen LogP contribution in [0.25, 0.3) is 0 Å². The van der Waals surface area contributed by atoms with E-state index in [-0.39, 0.29) is 10.7 Å². The van der Waals surface area contributed by atoms with Crippen molar-refractivity contribution in [1.82, 2.24) is 19.9 Å². The number of nitrogens with zero attached hydrogens (tertiary/aromatic N) is 4. The summed E-state index contributed by atoms with van der Waals surface area (Å²) in [7, 11) is -3.75. The minimum absolute atomic E-state index is 0.0418. The Morgan fingerprint density at radius 1 is 1.11 bits per heavy atom. The Morgan fingerprint density at radius 2 is 1.84 bits per heavy atom. The monoisotopic (exact) mass is 280 g/mol. The van der Waals surface area contributed by atoms with E-state index in [2.05, 4.69) is 30.0 Å². The maximum atomic E-state index is 12.0. The molecule has 0 aliphatic rings. The third kappa shape index (κ3) is 3.35. The van der Waals surface area contributed by atoms with E-state index in [1.165, 1.54) is 31.0 Å². The Hall–Kier alpha value is -2.29. The van der Waals surface area contributed by atoms with E-state index in [1.54, 1.807) is 0 Å². The average molecular weight is 280 g/mol. The van der Waals surface area contributed by atoms with Crippen LogP contribution in [-0.2, 0) is 10.0 Å². The molecule has 0 amide bonds. The molecule has 9 heteroatoms. The molecule has 2 aromatic heterocycles. The number of sulfonamides is 1. The quantitative estimate of drug-likeness (QED) is 0.820. The molecule has 0 spiro atoms. The van der Waals surface area contributed by atoms with Crippen molar-refractivity contribution in [2.24, 2.45) is 0 Å². The Balaban J connectivity index is 2.20. The van der Waals surface area contributed by atoms with Gasteiger partial charge < -0.3 is 5.32 Å². The molecule has 2 N–H and O–H groups in total. The average Bonchev–Trinajstić information content (AvgIpc) is 2.40. The first-order valence-corrected chi connectivity index (χ1v) is 6.95. The second-order valence-corrected chi connectivity index (χ2v) is 5.15. The maximum absolute atomic E-state index is 12.0. The zero-order valence-corrected chi connectivity index (χ0v) is 10.9. The van der Waals surface area contributed by atoms with Gasteiger partial charge in [0.1, 0.15) is 4.90 Å². The first-order valence-electron chi connectivity index (χ1n) is 5.46. The topological polar surface area (TPSA) is 110 Å². The number of rotatable bonds is 5. The lowest BCUT2D eigenvalue weighted by molar-refractivity contribution is 0.600. The Bertz CT molecular complexity index is 629. The van der Waals surface area contributed by atoms with Crippen LogP contribution in [0.1, 0.15) is 6.92 Å². The highest BCUT2D eigenvalue weighted by Crippen LogP contribution is 2.12. The summed E-state index contributed by atoms with van der Waals surface area (Å²) in [6, 6.07) is 0. The van der Waals surface area contributed by atoms with Crippen LogP contribution < -0.4 is 10.0 Å². The van der Waals surface area contributed by atoms with E-state index in [0.717, 1.165) is 0 Å². The van der Waals surface area contributed by atoms with Crippen LogP contribution in [0.15, 0.2) is 35.9 Å². The van der Waals surface area contributed by atoms with Crippen molar-refractivity contribution < 1.29 is 8.42 Å². The normalized spacial score (nSPS) is 11.0. The van der Waals surface area contributed by atoms with Crippen LogP contribution >= 0.6 is 0 Å². The molecule has 2 heterocycles. The van der Waals surface area contributed by atoms with Gasteiger partial charge in [0.2, 0.25) is 5.95 Å². The van der Waals surface area contributed by atoms with Crippen LogP contribution in [-0.4, -0.2) is 34.9 Å². The van der Waals surface area contributed by atoms with Crippen LogP contribution in [0.3, 0.4) is 0 Å². The van der Waals surface area contributed by atoms with Crippen molar-refractivity contribution in [2.45, 2.75) is 11.8 Å². The summed E-state index contributed by atoms with van der Waals surface area (Å²) >= 11 is 0. The molecule has 0 aromatic carbocycles. The van der Waals surface area contributed by atoms with Crippen LogP contribution in [0, 0.1) is 0 Å². The second kappa shape index (κ2) is 5.57. The van der Waals surface area contributed by atoms with Crippen molar-refractivity contribution in [3.8, 4) is 0 Å². The third-order valence-electron chi connectivity index (χ3n) is 2.08. The Kier molecular flexibility index (Phi) is 3.85. The van der Waals surface area contributed by atoms with Gasteiger partial charge in [0.05, 0.1) is 18.6 Å². The summed E-state index contributed by atoms with van der Waals surface area (Å²) in [5.41, 5.74) is 0. The van der Waals surface area contributed by atoms with Gasteiger partial charge >= 0.3 is 0 Å². The summed E-state index contributed by atoms with van der Waals surface area (Å²) in [4.78, 5) is 15.4. The zero-order chi connectivity index (χ0) is 13.7. The molecule has 0 saturated carbocycles. The van der Waals surface area contributed by atoms with Crippen LogP contribution in [0.5, 0.6) is 0 Å². The van der Waals surface area contributed by atoms with Crippen molar-refractivity contribution in [2.75, 3.05) is 16.6 Å². The molecular formula is C10H12N6O2S. The number of nitrogens with one attached hydrogen (secondary N) is 2. The fourth-order valence-electron chi connectivity index (χ4n) is 1.25. The first kappa shape index (κ1) is 13.1. The summed E-state index contributed by atoms with van der Waals surface area (Å²) in [5, 5.41) is 2.88. The largest absolute Gasteiger partial charge is 0.355 e. The van der Waals surface area contributed by atoms with Gasteiger partial charge in [-0.2, -0.15) is 0 Å². The lowest BCUT2D eigenvalue weighted by Crippen LogP contribution is -2.15. The molecule has 19 heavy (non-hydrogen) atoms. The van der Waals surface area contributed by atoms with Crippen molar-refractivity contribution in [3.63, 3.8) is 0 Å². The van der Waals surface area contributed by atoms with Gasteiger partial charge in [0, 0.05) is 18.9 Å². The molecule has 0 fully saturated rings. The molecule has 100 valence electrons. The minimum atomic E-state index is -3.75. The molecule has 0 unspecified atom stereocenters. The zero-order valence-electron chi connectivity index (χ0n) is 10.1. The van der Waals surface area contributed by atoms with E-state index in [0.29, 0.717) is 12.5 Å². The van der Waals surface area contributed by atoms with Crippen molar-refractivity contribution >= 4 is 21.8 Å². The van der Waals surface area contributed by atoms with Gasteiger partial charge in [-0.25, -0.2) is 23.4 Å². The SMILES string of the molecule is CCNc1ncc(S(=O)(=O)Nc2cnccn2)cn1. The van der Waals surface area contributed by atoms with Gasteiger partial charge in [-0.1, -0.05) is 0 Å². The molecular weight excluding hydrogens is 268 g/mol. The molecule has 0 radical (unpaired) electrons.